The van der Waals surface area contributed by atoms with E-state index in [2.05, 4.69) is 16.4 Å². The van der Waals surface area contributed by atoms with Gasteiger partial charge < -0.3 is 9.47 Å². The highest BCUT2D eigenvalue weighted by atomic mass is 16.5. The Labute approximate surface area is 116 Å². The summed E-state index contributed by atoms with van der Waals surface area (Å²) in [5.74, 6) is 0.950. The second-order valence-corrected chi connectivity index (χ2v) is 6.29. The second kappa shape index (κ2) is 5.92. The Morgan fingerprint density at radius 1 is 1.16 bits per heavy atom. The first-order valence-electron chi connectivity index (χ1n) is 7.57. The van der Waals surface area contributed by atoms with E-state index < -0.39 is 0 Å². The SMILES string of the molecule is C=CCN1CCOC[C@]2(C1)CN(CC1CC1)CCO2. The van der Waals surface area contributed by atoms with E-state index in [4.69, 9.17) is 9.47 Å². The zero-order valence-corrected chi connectivity index (χ0v) is 11.9. The van der Waals surface area contributed by atoms with Crippen LogP contribution in [-0.4, -0.2) is 74.5 Å². The van der Waals surface area contributed by atoms with Crippen molar-refractivity contribution in [3.8, 4) is 0 Å². The average Bonchev–Trinajstić information content (AvgIpc) is 3.19. The van der Waals surface area contributed by atoms with Gasteiger partial charge in [-0.15, -0.1) is 6.58 Å². The average molecular weight is 266 g/mol. The van der Waals surface area contributed by atoms with Crippen LogP contribution in [-0.2, 0) is 9.47 Å². The van der Waals surface area contributed by atoms with Crippen LogP contribution in [0.3, 0.4) is 0 Å². The Morgan fingerprint density at radius 2 is 1.95 bits per heavy atom. The minimum Gasteiger partial charge on any atom is -0.377 e. The van der Waals surface area contributed by atoms with Crippen LogP contribution < -0.4 is 0 Å². The van der Waals surface area contributed by atoms with Crippen LogP contribution >= 0.6 is 0 Å². The molecule has 0 radical (unpaired) electrons. The molecule has 3 fully saturated rings. The summed E-state index contributed by atoms with van der Waals surface area (Å²) in [4.78, 5) is 4.99. The molecule has 0 aromatic heterocycles. The molecule has 4 heteroatoms. The van der Waals surface area contributed by atoms with Gasteiger partial charge in [0, 0.05) is 39.3 Å². The molecule has 1 aliphatic carbocycles. The molecule has 0 N–H and O–H groups in total. The molecule has 0 aromatic rings. The molecule has 4 nitrogen and oxygen atoms in total. The lowest BCUT2D eigenvalue weighted by Crippen LogP contribution is -2.59. The molecule has 2 saturated heterocycles. The summed E-state index contributed by atoms with van der Waals surface area (Å²) in [6.07, 6.45) is 4.82. The van der Waals surface area contributed by atoms with Crippen molar-refractivity contribution in [3.05, 3.63) is 12.7 Å². The molecule has 0 amide bonds. The van der Waals surface area contributed by atoms with E-state index in [0.29, 0.717) is 0 Å². The Bertz CT molecular complexity index is 319. The Morgan fingerprint density at radius 3 is 2.74 bits per heavy atom. The smallest absolute Gasteiger partial charge is 0.117 e. The highest BCUT2D eigenvalue weighted by molar-refractivity contribution is 4.94. The summed E-state index contributed by atoms with van der Waals surface area (Å²) in [5.41, 5.74) is -0.118. The predicted octanol–water partition coefficient (Wildman–Crippen LogP) is 0.986. The first-order chi connectivity index (χ1) is 9.30. The van der Waals surface area contributed by atoms with Crippen LogP contribution in [0, 0.1) is 5.92 Å². The zero-order chi connectivity index (χ0) is 13.1. The van der Waals surface area contributed by atoms with E-state index in [9.17, 15) is 0 Å². The van der Waals surface area contributed by atoms with Gasteiger partial charge >= 0.3 is 0 Å². The van der Waals surface area contributed by atoms with Gasteiger partial charge in [-0.1, -0.05) is 6.08 Å². The summed E-state index contributed by atoms with van der Waals surface area (Å²) < 4.78 is 12.0. The number of nitrogens with zero attached hydrogens (tertiary/aromatic N) is 2. The molecular formula is C15H26N2O2. The fourth-order valence-electron chi connectivity index (χ4n) is 3.25. The molecule has 3 rings (SSSR count). The minimum atomic E-state index is -0.118. The molecule has 2 heterocycles. The fraction of sp³-hybridized carbons (Fsp3) is 0.867. The summed E-state index contributed by atoms with van der Waals surface area (Å²) in [6, 6.07) is 0. The molecule has 3 aliphatic rings. The quantitative estimate of drug-likeness (QED) is 0.708. The van der Waals surface area contributed by atoms with E-state index >= 15 is 0 Å². The third kappa shape index (κ3) is 3.57. The van der Waals surface area contributed by atoms with Gasteiger partial charge in [-0.3, -0.25) is 9.80 Å². The molecule has 0 unspecified atom stereocenters. The van der Waals surface area contributed by atoms with Gasteiger partial charge in [0.1, 0.15) is 5.60 Å². The van der Waals surface area contributed by atoms with Crippen molar-refractivity contribution in [3.63, 3.8) is 0 Å². The maximum absolute atomic E-state index is 6.15. The number of ether oxygens (including phenoxy) is 2. The van der Waals surface area contributed by atoms with Crippen molar-refractivity contribution in [2.75, 3.05) is 59.1 Å². The Kier molecular flexibility index (Phi) is 4.22. The van der Waals surface area contributed by atoms with Crippen LogP contribution in [0.4, 0.5) is 0 Å². The van der Waals surface area contributed by atoms with Gasteiger partial charge in [0.05, 0.1) is 19.8 Å². The summed E-state index contributed by atoms with van der Waals surface area (Å²) >= 11 is 0. The van der Waals surface area contributed by atoms with E-state index in [1.165, 1.54) is 19.4 Å². The standard InChI is InChI=1S/C15H26N2O2/c1-2-5-16-6-8-18-13-15(11-16)12-17(7-9-19-15)10-14-3-4-14/h2,14H,1,3-13H2/t15-/m0/s1. The van der Waals surface area contributed by atoms with Crippen LogP contribution in [0.15, 0.2) is 12.7 Å². The zero-order valence-electron chi connectivity index (χ0n) is 11.9. The van der Waals surface area contributed by atoms with Crippen molar-refractivity contribution in [1.29, 1.82) is 0 Å². The van der Waals surface area contributed by atoms with Gasteiger partial charge in [0.25, 0.3) is 0 Å². The molecule has 0 aromatic carbocycles. The third-order valence-electron chi connectivity index (χ3n) is 4.36. The summed E-state index contributed by atoms with van der Waals surface area (Å²) in [7, 11) is 0. The fourth-order valence-corrected chi connectivity index (χ4v) is 3.25. The molecule has 0 bridgehead atoms. The van der Waals surface area contributed by atoms with Crippen molar-refractivity contribution in [2.45, 2.75) is 18.4 Å². The van der Waals surface area contributed by atoms with Crippen molar-refractivity contribution >= 4 is 0 Å². The first-order valence-corrected chi connectivity index (χ1v) is 7.57. The number of morpholine rings is 1. The highest BCUT2D eigenvalue weighted by Gasteiger charge is 2.41. The van der Waals surface area contributed by atoms with Crippen molar-refractivity contribution in [1.82, 2.24) is 9.80 Å². The third-order valence-corrected chi connectivity index (χ3v) is 4.36. The monoisotopic (exact) mass is 266 g/mol. The molecule has 2 aliphatic heterocycles. The van der Waals surface area contributed by atoms with Gasteiger partial charge in [0.15, 0.2) is 0 Å². The maximum Gasteiger partial charge on any atom is 0.117 e. The Hall–Kier alpha value is -0.420. The minimum absolute atomic E-state index is 0.118. The maximum atomic E-state index is 6.15. The molecule has 1 atom stereocenters. The van der Waals surface area contributed by atoms with Crippen LogP contribution in [0.1, 0.15) is 12.8 Å². The van der Waals surface area contributed by atoms with E-state index in [1.807, 2.05) is 6.08 Å². The number of hydrogen-bond acceptors (Lipinski definition) is 4. The molecular weight excluding hydrogens is 240 g/mol. The predicted molar refractivity (Wildman–Crippen MR) is 75.3 cm³/mol. The van der Waals surface area contributed by atoms with E-state index in [1.54, 1.807) is 0 Å². The van der Waals surface area contributed by atoms with Crippen LogP contribution in [0.5, 0.6) is 0 Å². The van der Waals surface area contributed by atoms with Gasteiger partial charge in [0.2, 0.25) is 0 Å². The molecule has 1 saturated carbocycles. The van der Waals surface area contributed by atoms with Crippen molar-refractivity contribution < 1.29 is 9.47 Å². The Balaban J connectivity index is 1.62. The number of rotatable bonds is 4. The van der Waals surface area contributed by atoms with Crippen LogP contribution in [0.25, 0.3) is 0 Å². The lowest BCUT2D eigenvalue weighted by molar-refractivity contribution is -0.141. The second-order valence-electron chi connectivity index (χ2n) is 6.29. The van der Waals surface area contributed by atoms with Crippen molar-refractivity contribution in [2.24, 2.45) is 5.92 Å². The van der Waals surface area contributed by atoms with Crippen LogP contribution in [0.2, 0.25) is 0 Å². The summed E-state index contributed by atoms with van der Waals surface area (Å²) in [5, 5.41) is 0. The lowest BCUT2D eigenvalue weighted by atomic mass is 10.0. The largest absolute Gasteiger partial charge is 0.377 e. The van der Waals surface area contributed by atoms with Gasteiger partial charge in [-0.25, -0.2) is 0 Å². The number of hydrogen-bond donors (Lipinski definition) is 0. The molecule has 1 spiro atoms. The first kappa shape index (κ1) is 13.6. The van der Waals surface area contributed by atoms with E-state index in [0.717, 1.165) is 58.5 Å². The molecule has 19 heavy (non-hydrogen) atoms. The topological polar surface area (TPSA) is 24.9 Å². The lowest BCUT2D eigenvalue weighted by Gasteiger charge is -2.43. The van der Waals surface area contributed by atoms with Gasteiger partial charge in [-0.05, 0) is 18.8 Å². The van der Waals surface area contributed by atoms with Gasteiger partial charge in [-0.2, -0.15) is 0 Å². The normalized spacial score (nSPS) is 34.3. The highest BCUT2D eigenvalue weighted by Crippen LogP contribution is 2.31. The van der Waals surface area contributed by atoms with E-state index in [-0.39, 0.29) is 5.60 Å². The molecule has 108 valence electrons. The summed E-state index contributed by atoms with van der Waals surface area (Å²) in [6.45, 7) is 12.5.